The molecule has 0 spiro atoms. The number of hydrogen-bond acceptors (Lipinski definition) is 7. The van der Waals surface area contributed by atoms with Crippen molar-refractivity contribution in [1.29, 1.82) is 0 Å². The number of hydrogen-bond donors (Lipinski definition) is 3. The Bertz CT molecular complexity index is 904. The van der Waals surface area contributed by atoms with Gasteiger partial charge in [-0.15, -0.1) is 11.3 Å². The molecule has 9 nitrogen and oxygen atoms in total. The van der Waals surface area contributed by atoms with Gasteiger partial charge in [0.2, 0.25) is 5.88 Å². The lowest BCUT2D eigenvalue weighted by atomic mass is 10.1. The maximum absolute atomic E-state index is 12.2. The van der Waals surface area contributed by atoms with Crippen LogP contribution in [-0.4, -0.2) is 36.8 Å². The first-order valence-corrected chi connectivity index (χ1v) is 10.6. The second-order valence-electron chi connectivity index (χ2n) is 6.91. The highest BCUT2D eigenvalue weighted by Gasteiger charge is 2.23. The Kier molecular flexibility index (Phi) is 6.86. The van der Waals surface area contributed by atoms with Crippen molar-refractivity contribution in [3.63, 3.8) is 0 Å². The number of amides is 1. The molecule has 0 radical (unpaired) electrons. The minimum atomic E-state index is -4.34. The van der Waals surface area contributed by atoms with Gasteiger partial charge >= 0.3 is 16.4 Å². The number of nitrogens with one attached hydrogen (secondary N) is 2. The van der Waals surface area contributed by atoms with Gasteiger partial charge in [0.1, 0.15) is 10.6 Å². The summed E-state index contributed by atoms with van der Waals surface area (Å²) in [5.74, 6) is 0.448. The number of carbonyl (C=O) groups excluding carboxylic acids is 1. The molecule has 0 saturated heterocycles. The number of thiazole rings is 1. The van der Waals surface area contributed by atoms with Crippen molar-refractivity contribution in [2.75, 3.05) is 11.8 Å². The molecule has 1 atom stereocenters. The quantitative estimate of drug-likeness (QED) is 0.577. The molecule has 11 heteroatoms. The molecule has 2 rings (SSSR count). The van der Waals surface area contributed by atoms with Crippen molar-refractivity contribution in [1.82, 2.24) is 10.3 Å². The summed E-state index contributed by atoms with van der Waals surface area (Å²) in [4.78, 5) is 16.6. The van der Waals surface area contributed by atoms with Crippen LogP contribution < -0.4 is 14.8 Å². The SMILES string of the molecule is COc1csc([C@H](Cc2ccc(NS(=O)(=O)O)cc2)NC(=O)OC(C)(C)C)n1. The lowest BCUT2D eigenvalue weighted by Crippen LogP contribution is -2.35. The highest BCUT2D eigenvalue weighted by Crippen LogP contribution is 2.26. The molecule has 154 valence electrons. The molecular weight excluding hydrogens is 406 g/mol. The molecule has 1 amide bonds. The first kappa shape index (κ1) is 21.9. The Morgan fingerprint density at radius 2 is 1.93 bits per heavy atom. The number of carbonyl (C=O) groups is 1. The van der Waals surface area contributed by atoms with E-state index < -0.39 is 28.0 Å². The van der Waals surface area contributed by atoms with Gasteiger partial charge in [-0.3, -0.25) is 9.27 Å². The molecule has 0 bridgehead atoms. The minimum Gasteiger partial charge on any atom is -0.480 e. The third-order valence-electron chi connectivity index (χ3n) is 3.34. The maximum Gasteiger partial charge on any atom is 0.408 e. The third-order valence-corrected chi connectivity index (χ3v) is 4.77. The summed E-state index contributed by atoms with van der Waals surface area (Å²) in [6, 6.07) is 5.92. The number of alkyl carbamates (subject to hydrolysis) is 1. The Hall–Kier alpha value is -2.37. The lowest BCUT2D eigenvalue weighted by molar-refractivity contribution is 0.0503. The zero-order chi connectivity index (χ0) is 20.9. The lowest BCUT2D eigenvalue weighted by Gasteiger charge is -2.23. The molecule has 0 unspecified atom stereocenters. The van der Waals surface area contributed by atoms with E-state index in [1.54, 1.807) is 38.3 Å². The first-order valence-electron chi connectivity index (χ1n) is 8.28. The van der Waals surface area contributed by atoms with Crippen molar-refractivity contribution in [3.8, 4) is 5.88 Å². The molecule has 28 heavy (non-hydrogen) atoms. The van der Waals surface area contributed by atoms with Crippen LogP contribution >= 0.6 is 11.3 Å². The van der Waals surface area contributed by atoms with E-state index >= 15 is 0 Å². The predicted molar refractivity (Wildman–Crippen MR) is 106 cm³/mol. The Morgan fingerprint density at radius 3 is 2.43 bits per heavy atom. The average Bonchev–Trinajstić information content (AvgIpc) is 3.02. The van der Waals surface area contributed by atoms with Crippen LogP contribution in [-0.2, 0) is 21.5 Å². The van der Waals surface area contributed by atoms with Crippen LogP contribution in [0.2, 0.25) is 0 Å². The Morgan fingerprint density at radius 1 is 1.29 bits per heavy atom. The van der Waals surface area contributed by atoms with Crippen LogP contribution in [0.1, 0.15) is 37.4 Å². The molecule has 0 aliphatic rings. The molecular formula is C17H23N3O6S2. The fourth-order valence-corrected chi connectivity index (χ4v) is 3.52. The third kappa shape index (κ3) is 7.33. The smallest absolute Gasteiger partial charge is 0.408 e. The molecule has 0 aliphatic carbocycles. The van der Waals surface area contributed by atoms with E-state index in [1.807, 2.05) is 4.72 Å². The summed E-state index contributed by atoms with van der Waals surface area (Å²) >= 11 is 1.34. The van der Waals surface area contributed by atoms with Crippen molar-refractivity contribution >= 4 is 33.4 Å². The maximum atomic E-state index is 12.2. The minimum absolute atomic E-state index is 0.221. The van der Waals surface area contributed by atoms with Gasteiger partial charge in [0.15, 0.2) is 0 Å². The fraction of sp³-hybridized carbons (Fsp3) is 0.412. The monoisotopic (exact) mass is 429 g/mol. The second-order valence-corrected chi connectivity index (χ2v) is 8.95. The highest BCUT2D eigenvalue weighted by molar-refractivity contribution is 7.87. The molecule has 0 fully saturated rings. The number of nitrogens with zero attached hydrogens (tertiary/aromatic N) is 1. The Labute approximate surface area is 168 Å². The van der Waals surface area contributed by atoms with Gasteiger partial charge in [-0.05, 0) is 44.9 Å². The van der Waals surface area contributed by atoms with E-state index in [0.717, 1.165) is 5.56 Å². The molecule has 0 saturated carbocycles. The van der Waals surface area contributed by atoms with Crippen LogP contribution in [0.4, 0.5) is 10.5 Å². The normalized spacial score (nSPS) is 12.9. The van der Waals surface area contributed by atoms with E-state index in [4.69, 9.17) is 14.0 Å². The van der Waals surface area contributed by atoms with Crippen molar-refractivity contribution < 1.29 is 27.2 Å². The van der Waals surface area contributed by atoms with Gasteiger partial charge in [-0.1, -0.05) is 12.1 Å². The van der Waals surface area contributed by atoms with E-state index in [-0.39, 0.29) is 5.69 Å². The van der Waals surface area contributed by atoms with E-state index in [9.17, 15) is 13.2 Å². The highest BCUT2D eigenvalue weighted by atomic mass is 32.2. The Balaban J connectivity index is 2.18. The largest absolute Gasteiger partial charge is 0.480 e. The van der Waals surface area contributed by atoms with Crippen LogP contribution in [0.25, 0.3) is 0 Å². The van der Waals surface area contributed by atoms with Gasteiger partial charge in [0.05, 0.1) is 24.2 Å². The summed E-state index contributed by atoms with van der Waals surface area (Å²) in [6.07, 6.45) is -0.182. The summed E-state index contributed by atoms with van der Waals surface area (Å²) in [5.41, 5.74) is 0.396. The summed E-state index contributed by atoms with van der Waals surface area (Å²) < 4.78 is 43.0. The molecule has 1 aromatic carbocycles. The van der Waals surface area contributed by atoms with Crippen molar-refractivity contribution in [2.24, 2.45) is 0 Å². The molecule has 0 aliphatic heterocycles. The zero-order valence-corrected chi connectivity index (χ0v) is 17.6. The van der Waals surface area contributed by atoms with Crippen molar-refractivity contribution in [2.45, 2.75) is 38.8 Å². The number of benzene rings is 1. The van der Waals surface area contributed by atoms with Crippen LogP contribution in [0.15, 0.2) is 29.6 Å². The van der Waals surface area contributed by atoms with Crippen LogP contribution in [0, 0.1) is 0 Å². The number of ether oxygens (including phenoxy) is 2. The van der Waals surface area contributed by atoms with Gasteiger partial charge < -0.3 is 14.8 Å². The van der Waals surface area contributed by atoms with Crippen LogP contribution in [0.3, 0.4) is 0 Å². The predicted octanol–water partition coefficient (Wildman–Crippen LogP) is 3.17. The summed E-state index contributed by atoms with van der Waals surface area (Å²) in [6.45, 7) is 5.32. The first-order chi connectivity index (χ1) is 12.9. The van der Waals surface area contributed by atoms with Crippen LogP contribution in [0.5, 0.6) is 5.88 Å². The number of anilines is 1. The average molecular weight is 430 g/mol. The number of methoxy groups -OCH3 is 1. The zero-order valence-electron chi connectivity index (χ0n) is 15.9. The van der Waals surface area contributed by atoms with Gasteiger partial charge in [0, 0.05) is 0 Å². The second kappa shape index (κ2) is 8.76. The summed E-state index contributed by atoms with van der Waals surface area (Å²) in [5, 5.41) is 5.18. The van der Waals surface area contributed by atoms with Gasteiger partial charge in [0.25, 0.3) is 0 Å². The van der Waals surface area contributed by atoms with Crippen molar-refractivity contribution in [3.05, 3.63) is 40.2 Å². The van der Waals surface area contributed by atoms with Gasteiger partial charge in [-0.2, -0.15) is 8.42 Å². The topological polar surface area (TPSA) is 127 Å². The summed E-state index contributed by atoms with van der Waals surface area (Å²) in [7, 11) is -2.83. The molecule has 3 N–H and O–H groups in total. The molecule has 1 heterocycles. The van der Waals surface area contributed by atoms with E-state index in [0.29, 0.717) is 17.3 Å². The standard InChI is InChI=1S/C17H23N3O6S2/c1-17(2,3)26-16(21)18-13(15-19-14(25-4)10-27-15)9-11-5-7-12(8-6-11)20-28(22,23)24/h5-8,10,13,20H,9H2,1-4H3,(H,18,21)(H,22,23,24)/t13-/m0/s1. The van der Waals surface area contributed by atoms with E-state index in [2.05, 4.69) is 10.3 Å². The number of rotatable bonds is 7. The number of aromatic nitrogens is 1. The fourth-order valence-electron chi connectivity index (χ4n) is 2.27. The molecule has 2 aromatic rings. The molecule has 1 aromatic heterocycles. The van der Waals surface area contributed by atoms with Gasteiger partial charge in [-0.25, -0.2) is 9.78 Å². The van der Waals surface area contributed by atoms with E-state index in [1.165, 1.54) is 30.6 Å².